The summed E-state index contributed by atoms with van der Waals surface area (Å²) in [5.74, 6) is 7.63. The lowest BCUT2D eigenvalue weighted by Crippen LogP contribution is -2.09. The molecule has 5 heterocycles. The summed E-state index contributed by atoms with van der Waals surface area (Å²) in [4.78, 5) is 21.2. The monoisotopic (exact) mass is 1260 g/mol. The molecule has 0 radical (unpaired) electrons. The van der Waals surface area contributed by atoms with Crippen LogP contribution < -0.4 is 0 Å². The van der Waals surface area contributed by atoms with Gasteiger partial charge in [-0.05, 0) is 171 Å². The van der Waals surface area contributed by atoms with Crippen LogP contribution in [-0.2, 0) is 0 Å². The second-order valence-corrected chi connectivity index (χ2v) is 32.0. The van der Waals surface area contributed by atoms with Crippen molar-refractivity contribution in [2.75, 3.05) is 0 Å². The summed E-state index contributed by atoms with van der Waals surface area (Å²) in [6.45, 7) is 39.1. The van der Waals surface area contributed by atoms with Crippen LogP contribution in [0.1, 0.15) is 436 Å². The van der Waals surface area contributed by atoms with Gasteiger partial charge in [0.1, 0.15) is 0 Å². The topological polar surface area (TPSA) is 57.4 Å². The van der Waals surface area contributed by atoms with E-state index < -0.39 is 0 Å². The molecule has 12 unspecified atom stereocenters. The normalized spacial score (nSPS) is 16.5. The van der Waals surface area contributed by atoms with Gasteiger partial charge in [-0.3, -0.25) is 0 Å². The van der Waals surface area contributed by atoms with E-state index in [9.17, 15) is 0 Å². The molecule has 0 spiro atoms. The van der Waals surface area contributed by atoms with E-state index in [4.69, 9.17) is 9.97 Å². The Morgan fingerprint density at radius 1 is 0.228 bits per heavy atom. The molecule has 0 saturated heterocycles. The van der Waals surface area contributed by atoms with Gasteiger partial charge in [-0.15, -0.1) is 0 Å². The van der Waals surface area contributed by atoms with Crippen molar-refractivity contribution in [3.05, 3.63) is 69.3 Å². The molecule has 3 aromatic rings. The summed E-state index contributed by atoms with van der Waals surface area (Å²) < 4.78 is 0. The number of nitrogens with zero attached hydrogens (tertiary/aromatic N) is 2. The van der Waals surface area contributed by atoms with Gasteiger partial charge in [0, 0.05) is 44.3 Å². The second-order valence-electron chi connectivity index (χ2n) is 32.0. The van der Waals surface area contributed by atoms with E-state index in [1.807, 2.05) is 0 Å². The summed E-state index contributed by atoms with van der Waals surface area (Å²) in [5.41, 5.74) is 15.9. The van der Waals surface area contributed by atoms with Gasteiger partial charge >= 0.3 is 0 Å². The van der Waals surface area contributed by atoms with Gasteiger partial charge < -0.3 is 9.97 Å². The van der Waals surface area contributed by atoms with Gasteiger partial charge in [-0.2, -0.15) is 0 Å². The van der Waals surface area contributed by atoms with Gasteiger partial charge in [0.25, 0.3) is 0 Å². The lowest BCUT2D eigenvalue weighted by molar-refractivity contribution is 0.408. The van der Waals surface area contributed by atoms with E-state index in [1.165, 1.54) is 324 Å². The number of hydrogen-bond donors (Lipinski definition) is 2. The summed E-state index contributed by atoms with van der Waals surface area (Å²) >= 11 is 0. The lowest BCUT2D eigenvalue weighted by atomic mass is 9.84. The van der Waals surface area contributed by atoms with Crippen molar-refractivity contribution >= 4 is 46.4 Å². The first-order valence-corrected chi connectivity index (χ1v) is 40.8. The summed E-state index contributed by atoms with van der Waals surface area (Å²) in [7, 11) is 0. The molecule has 12 atom stereocenters. The summed E-state index contributed by atoms with van der Waals surface area (Å²) in [6.07, 6.45) is 61.0. The molecule has 92 heavy (non-hydrogen) atoms. The van der Waals surface area contributed by atoms with Crippen molar-refractivity contribution in [3.8, 4) is 0 Å². The fourth-order valence-corrected chi connectivity index (χ4v) is 17.3. The highest BCUT2D eigenvalue weighted by molar-refractivity contribution is 5.84. The molecule has 0 aromatic carbocycles. The van der Waals surface area contributed by atoms with Crippen molar-refractivity contribution in [3.63, 3.8) is 0 Å². The molecule has 3 aromatic heterocycles. The fraction of sp³-hybridized carbons (Fsp3) is 0.773. The maximum atomic E-state index is 6.15. The van der Waals surface area contributed by atoms with E-state index >= 15 is 0 Å². The van der Waals surface area contributed by atoms with Crippen molar-refractivity contribution in [1.29, 1.82) is 0 Å². The molecule has 4 nitrogen and oxygen atoms in total. The van der Waals surface area contributed by atoms with Crippen LogP contribution in [-0.4, -0.2) is 19.9 Å². The standard InChI is InChI=1S/C88H150N4/c1-17-33-65(9)41-25-29-45-73(53-49-69(13)37-21-5)85-77-57-59-79(89-77)86(74(54-50-70(14)38-22-6)46-30-26-42-66(10)34-18-2)81-61-63-83(91-81)88(76(56-52-72(16)40-24-8)48-32-28-44-68(12)36-20-4)84-64-62-82(92-84)87(80-60-58-78(85)90-80)75(55-51-71(15)39-23-7)47-31-27-43-67(11)35-19-3/h57-76,89-90H,17-56H2,1-16H3. The molecule has 4 heteroatoms. The fourth-order valence-electron chi connectivity index (χ4n) is 17.3. The van der Waals surface area contributed by atoms with Crippen LogP contribution in [0.4, 0.5) is 0 Å². The van der Waals surface area contributed by atoms with Gasteiger partial charge in [0.05, 0.1) is 22.8 Å². The molecule has 0 aliphatic carbocycles. The van der Waals surface area contributed by atoms with E-state index in [1.54, 1.807) is 0 Å². The zero-order chi connectivity index (χ0) is 66.6. The van der Waals surface area contributed by atoms with E-state index in [0.717, 1.165) is 23.7 Å². The van der Waals surface area contributed by atoms with Crippen LogP contribution >= 0.6 is 0 Å². The zero-order valence-electron chi connectivity index (χ0n) is 63.7. The molecule has 2 aliphatic heterocycles. The van der Waals surface area contributed by atoms with Crippen molar-refractivity contribution < 1.29 is 0 Å². The number of aromatic amines is 2. The molecule has 8 bridgehead atoms. The minimum Gasteiger partial charge on any atom is -0.355 e. The Bertz CT molecular complexity index is 2520. The predicted molar refractivity (Wildman–Crippen MR) is 413 cm³/mol. The van der Waals surface area contributed by atoms with Crippen LogP contribution in [0.5, 0.6) is 0 Å². The molecule has 0 amide bonds. The first-order chi connectivity index (χ1) is 44.6. The molecule has 5 rings (SSSR count). The zero-order valence-corrected chi connectivity index (χ0v) is 63.7. The number of hydrogen-bond acceptors (Lipinski definition) is 2. The van der Waals surface area contributed by atoms with E-state index in [0.29, 0.717) is 47.3 Å². The Morgan fingerprint density at radius 3 is 0.674 bits per heavy atom. The number of fused-ring (bicyclic) bond motifs is 8. The largest absolute Gasteiger partial charge is 0.355 e. The first kappa shape index (κ1) is 79.3. The van der Waals surface area contributed by atoms with Gasteiger partial charge in [0.2, 0.25) is 0 Å². The Hall–Kier alpha value is -3.40. The minimum atomic E-state index is 0.386. The third-order valence-electron chi connectivity index (χ3n) is 22.8. The molecular weight excluding hydrogens is 1110 g/mol. The lowest BCUT2D eigenvalue weighted by Gasteiger charge is -2.23. The highest BCUT2D eigenvalue weighted by Gasteiger charge is 2.29. The molecular formula is C88H150N4. The van der Waals surface area contributed by atoms with E-state index in [2.05, 4.69) is 169 Å². The number of unbranched alkanes of at least 4 members (excludes halogenated alkanes) is 4. The van der Waals surface area contributed by atoms with Gasteiger partial charge in [0.15, 0.2) is 0 Å². The number of aromatic nitrogens is 4. The van der Waals surface area contributed by atoms with Crippen LogP contribution in [0.15, 0.2) is 24.3 Å². The molecule has 2 aliphatic rings. The molecule has 2 N–H and O–H groups in total. The number of H-pyrrole nitrogens is 2. The first-order valence-electron chi connectivity index (χ1n) is 40.8. The second kappa shape index (κ2) is 45.2. The maximum Gasteiger partial charge on any atom is 0.0694 e. The Labute approximate surface area is 571 Å². The Kier molecular flexibility index (Phi) is 38.9. The van der Waals surface area contributed by atoms with Crippen LogP contribution in [0.25, 0.3) is 46.4 Å². The Balaban J connectivity index is 1.99. The van der Waals surface area contributed by atoms with Crippen molar-refractivity contribution in [2.24, 2.45) is 47.3 Å². The van der Waals surface area contributed by atoms with Crippen LogP contribution in [0.2, 0.25) is 0 Å². The number of nitrogens with one attached hydrogen (secondary N) is 2. The quantitative estimate of drug-likeness (QED) is 0.0381. The SMILES string of the molecule is CCCC(C)CCCCC(CCC(C)CCC)c1c2nc(c(C(CCCCC(C)CCC)CCC(C)CCC)c3ccc([nH]3)c(C(CCCCC(C)CCC)CCC(C)CCC)c3ccc([nH]3)c(C(CCCCC(C)CCC)CCC(C)CCC)c3nc1C=C3)C=C2. The van der Waals surface area contributed by atoms with E-state index in [-0.39, 0.29) is 0 Å². The Morgan fingerprint density at radius 2 is 0.424 bits per heavy atom. The molecule has 0 fully saturated rings. The molecule has 522 valence electrons. The average molecular weight is 1260 g/mol. The minimum absolute atomic E-state index is 0.386. The molecule has 0 saturated carbocycles. The van der Waals surface area contributed by atoms with Crippen molar-refractivity contribution in [2.45, 2.75) is 391 Å². The van der Waals surface area contributed by atoms with Crippen molar-refractivity contribution in [1.82, 2.24) is 19.9 Å². The number of rotatable bonds is 52. The maximum absolute atomic E-state index is 6.15. The van der Waals surface area contributed by atoms with Gasteiger partial charge in [-0.1, -0.05) is 316 Å². The average Bonchev–Trinajstić information content (AvgIpc) is 1.62. The smallest absolute Gasteiger partial charge is 0.0694 e. The third-order valence-corrected chi connectivity index (χ3v) is 22.8. The summed E-state index contributed by atoms with van der Waals surface area (Å²) in [6, 6.07) is 10.2. The highest BCUT2D eigenvalue weighted by atomic mass is 14.8. The van der Waals surface area contributed by atoms with Crippen LogP contribution in [0, 0.1) is 47.3 Å². The summed E-state index contributed by atoms with van der Waals surface area (Å²) in [5, 5.41) is 0. The van der Waals surface area contributed by atoms with Gasteiger partial charge in [-0.25, -0.2) is 9.97 Å². The third kappa shape index (κ3) is 27.2. The predicted octanol–water partition coefficient (Wildman–Crippen LogP) is 29.8. The highest BCUT2D eigenvalue weighted by Crippen LogP contribution is 2.44. The van der Waals surface area contributed by atoms with Crippen LogP contribution in [0.3, 0.4) is 0 Å².